The minimum Gasteiger partial charge on any atom is -0.369 e. The molecule has 1 aromatic carbocycles. The molecular formula is C15H20BrN3. The number of anilines is 1. The van der Waals surface area contributed by atoms with Crippen LogP contribution in [0.25, 0.3) is 0 Å². The zero-order valence-electron chi connectivity index (χ0n) is 11.5. The summed E-state index contributed by atoms with van der Waals surface area (Å²) < 4.78 is 1.13. The Labute approximate surface area is 123 Å². The summed E-state index contributed by atoms with van der Waals surface area (Å²) in [6.45, 7) is 5.27. The summed E-state index contributed by atoms with van der Waals surface area (Å²) in [7, 11) is 2.13. The van der Waals surface area contributed by atoms with E-state index in [1.807, 2.05) is 6.07 Å². The molecule has 0 bridgehead atoms. The highest BCUT2D eigenvalue weighted by molar-refractivity contribution is 9.10. The highest BCUT2D eigenvalue weighted by Gasteiger charge is 2.26. The van der Waals surface area contributed by atoms with Gasteiger partial charge >= 0.3 is 0 Å². The van der Waals surface area contributed by atoms with E-state index in [4.69, 9.17) is 5.26 Å². The molecule has 1 saturated heterocycles. The summed E-state index contributed by atoms with van der Waals surface area (Å²) >= 11 is 3.63. The minimum atomic E-state index is 0.307. The Morgan fingerprint density at radius 2 is 2.05 bits per heavy atom. The first-order valence-corrected chi connectivity index (χ1v) is 7.47. The average Bonchev–Trinajstić information content (AvgIpc) is 2.50. The van der Waals surface area contributed by atoms with Crippen molar-refractivity contribution in [1.82, 2.24) is 4.90 Å². The SMILES string of the molecule is CC1CN(c2ccccc2Br)CC(CC#N)N(C)C1. The van der Waals surface area contributed by atoms with E-state index in [0.717, 1.165) is 24.1 Å². The minimum absolute atomic E-state index is 0.307. The van der Waals surface area contributed by atoms with Crippen LogP contribution in [0.2, 0.25) is 0 Å². The van der Waals surface area contributed by atoms with E-state index in [9.17, 15) is 0 Å². The van der Waals surface area contributed by atoms with Gasteiger partial charge in [-0.15, -0.1) is 0 Å². The zero-order chi connectivity index (χ0) is 13.8. The van der Waals surface area contributed by atoms with Gasteiger partial charge in [0, 0.05) is 30.1 Å². The summed E-state index contributed by atoms with van der Waals surface area (Å²) in [4.78, 5) is 4.73. The second-order valence-corrected chi connectivity index (χ2v) is 6.27. The Kier molecular flexibility index (Phi) is 4.84. The molecule has 0 saturated carbocycles. The van der Waals surface area contributed by atoms with E-state index < -0.39 is 0 Å². The molecule has 0 aliphatic carbocycles. The third-order valence-electron chi connectivity index (χ3n) is 3.71. The maximum absolute atomic E-state index is 9.00. The summed E-state index contributed by atoms with van der Waals surface area (Å²) in [5.41, 5.74) is 1.23. The molecule has 2 unspecified atom stereocenters. The molecule has 0 radical (unpaired) electrons. The first-order chi connectivity index (χ1) is 9.11. The van der Waals surface area contributed by atoms with Gasteiger partial charge in [0.15, 0.2) is 0 Å². The quantitative estimate of drug-likeness (QED) is 0.838. The second-order valence-electron chi connectivity index (χ2n) is 5.42. The fourth-order valence-electron chi connectivity index (χ4n) is 2.77. The number of halogens is 1. The standard InChI is InChI=1S/C15H20BrN3/c1-12-9-18(2)13(7-8-17)11-19(10-12)15-6-4-3-5-14(15)16/h3-6,12-13H,7,9-11H2,1-2H3. The maximum atomic E-state index is 9.00. The topological polar surface area (TPSA) is 30.3 Å². The largest absolute Gasteiger partial charge is 0.369 e. The lowest BCUT2D eigenvalue weighted by molar-refractivity contribution is 0.241. The molecular weight excluding hydrogens is 302 g/mol. The maximum Gasteiger partial charge on any atom is 0.0638 e. The van der Waals surface area contributed by atoms with E-state index in [-0.39, 0.29) is 0 Å². The Balaban J connectivity index is 2.24. The van der Waals surface area contributed by atoms with Crippen LogP contribution in [0.1, 0.15) is 13.3 Å². The van der Waals surface area contributed by atoms with Crippen molar-refractivity contribution in [3.63, 3.8) is 0 Å². The molecule has 0 aromatic heterocycles. The van der Waals surface area contributed by atoms with Gasteiger partial charge in [0.05, 0.1) is 18.2 Å². The molecule has 1 fully saturated rings. The monoisotopic (exact) mass is 321 g/mol. The highest BCUT2D eigenvalue weighted by Crippen LogP contribution is 2.28. The Morgan fingerprint density at radius 1 is 1.32 bits per heavy atom. The number of nitriles is 1. The van der Waals surface area contributed by atoms with Crippen molar-refractivity contribution in [2.45, 2.75) is 19.4 Å². The average molecular weight is 322 g/mol. The van der Waals surface area contributed by atoms with Gasteiger partial charge in [-0.1, -0.05) is 19.1 Å². The lowest BCUT2D eigenvalue weighted by Crippen LogP contribution is -2.38. The molecule has 1 aromatic rings. The number of benzene rings is 1. The highest BCUT2D eigenvalue weighted by atomic mass is 79.9. The fraction of sp³-hybridized carbons (Fsp3) is 0.533. The fourth-order valence-corrected chi connectivity index (χ4v) is 3.31. The van der Waals surface area contributed by atoms with Gasteiger partial charge in [-0.3, -0.25) is 0 Å². The van der Waals surface area contributed by atoms with Gasteiger partial charge in [0.2, 0.25) is 0 Å². The predicted octanol–water partition coefficient (Wildman–Crippen LogP) is 3.12. The third kappa shape index (κ3) is 3.49. The summed E-state index contributed by atoms with van der Waals surface area (Å²) in [6.07, 6.45) is 0.587. The van der Waals surface area contributed by atoms with E-state index in [0.29, 0.717) is 18.4 Å². The Bertz CT molecular complexity index is 469. The summed E-state index contributed by atoms with van der Waals surface area (Å²) in [5.74, 6) is 0.598. The number of likely N-dealkylation sites (N-methyl/N-ethyl adjacent to an activating group) is 1. The van der Waals surface area contributed by atoms with Crippen molar-refractivity contribution >= 4 is 21.6 Å². The van der Waals surface area contributed by atoms with E-state index in [1.54, 1.807) is 0 Å². The molecule has 1 aliphatic rings. The first-order valence-electron chi connectivity index (χ1n) is 6.68. The molecule has 2 rings (SSSR count). The summed E-state index contributed by atoms with van der Waals surface area (Å²) in [6, 6.07) is 10.9. The number of para-hydroxylation sites is 1. The number of rotatable bonds is 2. The Morgan fingerprint density at radius 3 is 2.74 bits per heavy atom. The van der Waals surface area contributed by atoms with Crippen molar-refractivity contribution in [1.29, 1.82) is 5.26 Å². The van der Waals surface area contributed by atoms with Gasteiger partial charge < -0.3 is 9.80 Å². The number of hydrogen-bond acceptors (Lipinski definition) is 3. The molecule has 0 N–H and O–H groups in total. The number of hydrogen-bond donors (Lipinski definition) is 0. The van der Waals surface area contributed by atoms with Crippen LogP contribution in [0, 0.1) is 17.2 Å². The van der Waals surface area contributed by atoms with E-state index >= 15 is 0 Å². The van der Waals surface area contributed by atoms with Crippen LogP contribution in [-0.4, -0.2) is 37.6 Å². The van der Waals surface area contributed by atoms with Crippen molar-refractivity contribution in [2.24, 2.45) is 5.92 Å². The summed E-state index contributed by atoms with van der Waals surface area (Å²) in [5, 5.41) is 9.00. The van der Waals surface area contributed by atoms with Crippen molar-refractivity contribution < 1.29 is 0 Å². The van der Waals surface area contributed by atoms with Crippen LogP contribution in [0.15, 0.2) is 28.7 Å². The van der Waals surface area contributed by atoms with Gasteiger partial charge in [-0.25, -0.2) is 0 Å². The van der Waals surface area contributed by atoms with Crippen LogP contribution in [-0.2, 0) is 0 Å². The molecule has 0 amide bonds. The van der Waals surface area contributed by atoms with E-state index in [2.05, 4.69) is 64.0 Å². The van der Waals surface area contributed by atoms with Gasteiger partial charge in [0.1, 0.15) is 0 Å². The zero-order valence-corrected chi connectivity index (χ0v) is 13.1. The predicted molar refractivity (Wildman–Crippen MR) is 82.2 cm³/mol. The lowest BCUT2D eigenvalue weighted by atomic mass is 10.1. The molecule has 4 heteroatoms. The van der Waals surface area contributed by atoms with Crippen LogP contribution >= 0.6 is 15.9 Å². The molecule has 1 aliphatic heterocycles. The Hall–Kier alpha value is -1.05. The van der Waals surface area contributed by atoms with Crippen LogP contribution < -0.4 is 4.90 Å². The van der Waals surface area contributed by atoms with E-state index in [1.165, 1.54) is 5.69 Å². The third-order valence-corrected chi connectivity index (χ3v) is 4.38. The smallest absolute Gasteiger partial charge is 0.0638 e. The molecule has 102 valence electrons. The molecule has 2 atom stereocenters. The molecule has 0 spiro atoms. The second kappa shape index (κ2) is 6.40. The molecule has 1 heterocycles. The normalized spacial score (nSPS) is 24.8. The van der Waals surface area contributed by atoms with Crippen molar-refractivity contribution in [3.05, 3.63) is 28.7 Å². The van der Waals surface area contributed by atoms with Gasteiger partial charge in [-0.05, 0) is 41.0 Å². The molecule has 3 nitrogen and oxygen atoms in total. The number of nitrogens with zero attached hydrogens (tertiary/aromatic N) is 3. The van der Waals surface area contributed by atoms with Crippen LogP contribution in [0.5, 0.6) is 0 Å². The molecule has 19 heavy (non-hydrogen) atoms. The lowest BCUT2D eigenvalue weighted by Gasteiger charge is -2.29. The van der Waals surface area contributed by atoms with Crippen LogP contribution in [0.4, 0.5) is 5.69 Å². The van der Waals surface area contributed by atoms with Crippen LogP contribution in [0.3, 0.4) is 0 Å². The van der Waals surface area contributed by atoms with Crippen molar-refractivity contribution in [2.75, 3.05) is 31.6 Å². The first kappa shape index (κ1) is 14.4. The van der Waals surface area contributed by atoms with Gasteiger partial charge in [-0.2, -0.15) is 5.26 Å². The van der Waals surface area contributed by atoms with Crippen molar-refractivity contribution in [3.8, 4) is 6.07 Å². The van der Waals surface area contributed by atoms with Gasteiger partial charge in [0.25, 0.3) is 0 Å².